The number of pyridine rings is 1. The fourth-order valence-electron chi connectivity index (χ4n) is 2.64. The van der Waals surface area contributed by atoms with Gasteiger partial charge in [-0.05, 0) is 36.8 Å². The van der Waals surface area contributed by atoms with Gasteiger partial charge < -0.3 is 16.0 Å². The molecule has 3 rings (SSSR count). The van der Waals surface area contributed by atoms with Gasteiger partial charge in [0.15, 0.2) is 17.4 Å². The van der Waals surface area contributed by atoms with Crippen molar-refractivity contribution in [2.75, 3.05) is 13.6 Å². The van der Waals surface area contributed by atoms with Gasteiger partial charge in [0.05, 0.1) is 13.1 Å². The van der Waals surface area contributed by atoms with Gasteiger partial charge in [0.25, 0.3) is 5.91 Å². The van der Waals surface area contributed by atoms with Crippen molar-refractivity contribution in [2.24, 2.45) is 4.99 Å². The second-order valence-electron chi connectivity index (χ2n) is 5.87. The van der Waals surface area contributed by atoms with Gasteiger partial charge in [-0.15, -0.1) is 10.2 Å². The summed E-state index contributed by atoms with van der Waals surface area (Å²) in [5.74, 6) is 1.37. The van der Waals surface area contributed by atoms with Crippen LogP contribution < -0.4 is 16.0 Å². The van der Waals surface area contributed by atoms with Crippen LogP contribution in [0, 0.1) is 0 Å². The molecule has 3 N–H and O–H groups in total. The zero-order chi connectivity index (χ0) is 19.1. The van der Waals surface area contributed by atoms with E-state index in [1.165, 1.54) is 0 Å². The van der Waals surface area contributed by atoms with Gasteiger partial charge in [-0.2, -0.15) is 0 Å². The predicted molar refractivity (Wildman–Crippen MR) is 104 cm³/mol. The number of aliphatic imine (C=N–C) groups is 1. The van der Waals surface area contributed by atoms with E-state index in [0.717, 1.165) is 23.6 Å². The number of hydrogen-bond acceptors (Lipinski definition) is 4. The van der Waals surface area contributed by atoms with Crippen LogP contribution in [0.2, 0.25) is 0 Å². The molecule has 0 saturated heterocycles. The summed E-state index contributed by atoms with van der Waals surface area (Å²) in [4.78, 5) is 16.4. The SMILES string of the molecule is CCNC(=NCc1cccc(C(=O)NC)c1)NCc1nnc2ccccn12. The van der Waals surface area contributed by atoms with Crippen molar-refractivity contribution >= 4 is 17.5 Å². The second-order valence-corrected chi connectivity index (χ2v) is 5.87. The Bertz CT molecular complexity index is 948. The molecule has 0 aliphatic rings. The molecule has 8 nitrogen and oxygen atoms in total. The van der Waals surface area contributed by atoms with Crippen LogP contribution in [0.1, 0.15) is 28.7 Å². The molecule has 0 atom stereocenters. The predicted octanol–water partition coefficient (Wildman–Crippen LogP) is 1.34. The van der Waals surface area contributed by atoms with E-state index in [1.54, 1.807) is 13.1 Å². The molecule has 0 aliphatic carbocycles. The standard InChI is InChI=1S/C19H23N7O/c1-3-21-19(22-12-14-7-6-8-15(11-14)18(27)20-2)23-13-17-25-24-16-9-4-5-10-26(16)17/h4-11H,3,12-13H2,1-2H3,(H,20,27)(H2,21,22,23). The number of rotatable bonds is 6. The molecule has 1 amide bonds. The third-order valence-corrected chi connectivity index (χ3v) is 3.98. The lowest BCUT2D eigenvalue weighted by Crippen LogP contribution is -2.37. The number of carbonyl (C=O) groups is 1. The Balaban J connectivity index is 1.69. The Labute approximate surface area is 157 Å². The molecule has 2 heterocycles. The lowest BCUT2D eigenvalue weighted by atomic mass is 10.1. The van der Waals surface area contributed by atoms with Crippen LogP contribution in [0.3, 0.4) is 0 Å². The smallest absolute Gasteiger partial charge is 0.251 e. The van der Waals surface area contributed by atoms with E-state index >= 15 is 0 Å². The maximum absolute atomic E-state index is 11.8. The van der Waals surface area contributed by atoms with Crippen LogP contribution in [0.25, 0.3) is 5.65 Å². The molecular weight excluding hydrogens is 342 g/mol. The number of nitrogens with one attached hydrogen (secondary N) is 3. The minimum absolute atomic E-state index is 0.107. The van der Waals surface area contributed by atoms with E-state index in [9.17, 15) is 4.79 Å². The zero-order valence-corrected chi connectivity index (χ0v) is 15.4. The van der Waals surface area contributed by atoms with Gasteiger partial charge >= 0.3 is 0 Å². The summed E-state index contributed by atoms with van der Waals surface area (Å²) in [7, 11) is 1.62. The third-order valence-electron chi connectivity index (χ3n) is 3.98. The summed E-state index contributed by atoms with van der Waals surface area (Å²) >= 11 is 0. The fourth-order valence-corrected chi connectivity index (χ4v) is 2.64. The molecule has 0 saturated carbocycles. The molecule has 0 unspecified atom stereocenters. The lowest BCUT2D eigenvalue weighted by Gasteiger charge is -2.11. The van der Waals surface area contributed by atoms with Crippen molar-refractivity contribution in [2.45, 2.75) is 20.0 Å². The topological polar surface area (TPSA) is 95.7 Å². The van der Waals surface area contributed by atoms with E-state index in [4.69, 9.17) is 0 Å². The third kappa shape index (κ3) is 4.60. The quantitative estimate of drug-likeness (QED) is 0.453. The maximum Gasteiger partial charge on any atom is 0.251 e. The molecule has 27 heavy (non-hydrogen) atoms. The van der Waals surface area contributed by atoms with Gasteiger partial charge in [0, 0.05) is 25.4 Å². The molecule has 2 aromatic heterocycles. The van der Waals surface area contributed by atoms with Crippen LogP contribution in [0.4, 0.5) is 0 Å². The van der Waals surface area contributed by atoms with E-state index < -0.39 is 0 Å². The number of guanidine groups is 1. The van der Waals surface area contributed by atoms with Gasteiger partial charge in [-0.1, -0.05) is 18.2 Å². The van der Waals surface area contributed by atoms with Crippen molar-refractivity contribution in [1.29, 1.82) is 0 Å². The van der Waals surface area contributed by atoms with Crippen LogP contribution in [-0.4, -0.2) is 40.1 Å². The molecule has 3 aromatic rings. The Morgan fingerprint density at radius 3 is 2.85 bits per heavy atom. The molecule has 0 aliphatic heterocycles. The summed E-state index contributed by atoms with van der Waals surface area (Å²) in [6.07, 6.45) is 1.93. The maximum atomic E-state index is 11.8. The highest BCUT2D eigenvalue weighted by Crippen LogP contribution is 2.07. The Morgan fingerprint density at radius 1 is 1.15 bits per heavy atom. The number of fused-ring (bicyclic) bond motifs is 1. The first kappa shape index (κ1) is 18.4. The number of hydrogen-bond donors (Lipinski definition) is 3. The number of nitrogens with zero attached hydrogens (tertiary/aromatic N) is 4. The van der Waals surface area contributed by atoms with E-state index in [1.807, 2.05) is 53.9 Å². The second kappa shape index (κ2) is 8.79. The lowest BCUT2D eigenvalue weighted by molar-refractivity contribution is 0.0963. The Kier molecular flexibility index (Phi) is 5.98. The fraction of sp³-hybridized carbons (Fsp3) is 0.263. The number of amides is 1. The first-order valence-electron chi connectivity index (χ1n) is 8.83. The van der Waals surface area contributed by atoms with Gasteiger partial charge in [0.1, 0.15) is 0 Å². The average Bonchev–Trinajstić information content (AvgIpc) is 3.13. The molecule has 0 spiro atoms. The molecular formula is C19H23N7O. The highest BCUT2D eigenvalue weighted by molar-refractivity contribution is 5.94. The van der Waals surface area contributed by atoms with Crippen molar-refractivity contribution in [3.63, 3.8) is 0 Å². The first-order chi connectivity index (χ1) is 13.2. The van der Waals surface area contributed by atoms with E-state index in [0.29, 0.717) is 24.6 Å². The average molecular weight is 365 g/mol. The number of aromatic nitrogens is 3. The van der Waals surface area contributed by atoms with Crippen molar-refractivity contribution in [3.8, 4) is 0 Å². The normalized spacial score (nSPS) is 11.4. The molecule has 1 aromatic carbocycles. The molecule has 0 radical (unpaired) electrons. The number of carbonyl (C=O) groups excluding carboxylic acids is 1. The summed E-state index contributed by atoms with van der Waals surface area (Å²) in [5.41, 5.74) is 2.39. The largest absolute Gasteiger partial charge is 0.357 e. The van der Waals surface area contributed by atoms with Gasteiger partial charge in [0.2, 0.25) is 0 Å². The molecule has 0 fully saturated rings. The highest BCUT2D eigenvalue weighted by Gasteiger charge is 2.06. The van der Waals surface area contributed by atoms with E-state index in [2.05, 4.69) is 31.1 Å². The van der Waals surface area contributed by atoms with Gasteiger partial charge in [-0.25, -0.2) is 4.99 Å². The number of benzene rings is 1. The van der Waals surface area contributed by atoms with Crippen molar-refractivity contribution < 1.29 is 4.79 Å². The van der Waals surface area contributed by atoms with Crippen LogP contribution >= 0.6 is 0 Å². The molecule has 140 valence electrons. The molecule has 8 heteroatoms. The van der Waals surface area contributed by atoms with Crippen LogP contribution in [0.5, 0.6) is 0 Å². The summed E-state index contributed by atoms with van der Waals surface area (Å²) in [6.45, 7) is 3.70. The minimum atomic E-state index is -0.107. The van der Waals surface area contributed by atoms with Gasteiger partial charge in [-0.3, -0.25) is 9.20 Å². The Hall–Kier alpha value is -3.42. The first-order valence-corrected chi connectivity index (χ1v) is 8.83. The van der Waals surface area contributed by atoms with E-state index in [-0.39, 0.29) is 5.91 Å². The Morgan fingerprint density at radius 2 is 2.04 bits per heavy atom. The minimum Gasteiger partial charge on any atom is -0.357 e. The summed E-state index contributed by atoms with van der Waals surface area (Å²) in [6, 6.07) is 13.2. The van der Waals surface area contributed by atoms with Crippen molar-refractivity contribution in [3.05, 3.63) is 65.6 Å². The summed E-state index contributed by atoms with van der Waals surface area (Å²) in [5, 5.41) is 17.5. The van der Waals surface area contributed by atoms with Crippen molar-refractivity contribution in [1.82, 2.24) is 30.5 Å². The van der Waals surface area contributed by atoms with Crippen LogP contribution in [-0.2, 0) is 13.1 Å². The van der Waals surface area contributed by atoms with Crippen LogP contribution in [0.15, 0.2) is 53.7 Å². The highest BCUT2D eigenvalue weighted by atomic mass is 16.1. The zero-order valence-electron chi connectivity index (χ0n) is 15.4. The summed E-state index contributed by atoms with van der Waals surface area (Å²) < 4.78 is 1.93. The molecule has 0 bridgehead atoms. The monoisotopic (exact) mass is 365 g/mol.